The lowest BCUT2D eigenvalue weighted by Crippen LogP contribution is -2.23. The molecule has 0 radical (unpaired) electrons. The molecule has 0 aliphatic rings. The van der Waals surface area contributed by atoms with Crippen LogP contribution in [0.5, 0.6) is 0 Å². The first-order valence-electron chi connectivity index (χ1n) is 3.75. The van der Waals surface area contributed by atoms with Crippen molar-refractivity contribution in [2.45, 2.75) is 13.5 Å². The highest BCUT2D eigenvalue weighted by Crippen LogP contribution is 1.99. The van der Waals surface area contributed by atoms with Gasteiger partial charge in [0, 0.05) is 12.7 Å². The predicted octanol–water partition coefficient (Wildman–Crippen LogP) is -0.522. The minimum absolute atomic E-state index is 0.206. The van der Waals surface area contributed by atoms with Crippen LogP contribution in [0.4, 0.5) is 5.82 Å². The van der Waals surface area contributed by atoms with E-state index in [2.05, 4.69) is 4.98 Å². The first-order valence-corrected chi connectivity index (χ1v) is 5.19. The highest BCUT2D eigenvalue weighted by atomic mass is 32.2. The maximum absolute atomic E-state index is 11.1. The third-order valence-corrected chi connectivity index (χ3v) is 1.92. The second kappa shape index (κ2) is 3.76. The summed E-state index contributed by atoms with van der Waals surface area (Å²) in [5, 5.41) is 0. The van der Waals surface area contributed by atoms with Crippen LogP contribution in [0.15, 0.2) is 17.1 Å². The Morgan fingerprint density at radius 3 is 2.71 bits per heavy atom. The van der Waals surface area contributed by atoms with Gasteiger partial charge in [-0.05, 0) is 13.0 Å². The average molecular weight is 219 g/mol. The number of nitrogens with one attached hydrogen (secondary N) is 1. The van der Waals surface area contributed by atoms with Crippen LogP contribution in [-0.4, -0.2) is 22.5 Å². The highest BCUT2D eigenvalue weighted by molar-refractivity contribution is 7.87. The number of hydrogen-bond donors (Lipinski definition) is 2. The van der Waals surface area contributed by atoms with E-state index in [1.54, 1.807) is 11.6 Å². The van der Waals surface area contributed by atoms with Crippen molar-refractivity contribution in [3.63, 3.8) is 0 Å². The van der Waals surface area contributed by atoms with E-state index in [-0.39, 0.29) is 5.82 Å². The zero-order valence-corrected chi connectivity index (χ0v) is 8.15. The Morgan fingerprint density at radius 2 is 2.29 bits per heavy atom. The normalized spacial score (nSPS) is 11.3. The Hall–Kier alpha value is -1.41. The third-order valence-electron chi connectivity index (χ3n) is 1.45. The molecule has 1 rings (SSSR count). The van der Waals surface area contributed by atoms with Crippen LogP contribution in [0.25, 0.3) is 0 Å². The molecule has 2 N–H and O–H groups in total. The van der Waals surface area contributed by atoms with Crippen molar-refractivity contribution >= 4 is 16.1 Å². The monoisotopic (exact) mass is 219 g/mol. The molecule has 0 fully saturated rings. The Labute approximate surface area is 80.3 Å². The van der Waals surface area contributed by atoms with E-state index in [0.29, 0.717) is 6.54 Å². The van der Waals surface area contributed by atoms with Gasteiger partial charge in [-0.3, -0.25) is 9.12 Å². The molecule has 0 atom stereocenters. The predicted molar refractivity (Wildman–Crippen MR) is 49.3 cm³/mol. The SMILES string of the molecule is CCn1ccc(NS(=O)(=O)O)nc1=O. The van der Waals surface area contributed by atoms with Gasteiger partial charge in [-0.25, -0.2) is 9.52 Å². The van der Waals surface area contributed by atoms with Crippen LogP contribution >= 0.6 is 0 Å². The molecule has 1 aromatic rings. The maximum Gasteiger partial charge on any atom is 0.358 e. The summed E-state index contributed by atoms with van der Waals surface area (Å²) in [6, 6.07) is 1.28. The molecule has 0 aromatic carbocycles. The molecule has 1 aromatic heterocycles. The molecule has 0 aliphatic carbocycles. The van der Waals surface area contributed by atoms with E-state index >= 15 is 0 Å². The molecular weight excluding hydrogens is 210 g/mol. The van der Waals surface area contributed by atoms with Crippen LogP contribution < -0.4 is 10.4 Å². The summed E-state index contributed by atoms with van der Waals surface area (Å²) >= 11 is 0. The molecular formula is C6H9N3O4S. The zero-order chi connectivity index (χ0) is 10.8. The Balaban J connectivity index is 3.04. The molecule has 0 unspecified atom stereocenters. The summed E-state index contributed by atoms with van der Waals surface area (Å²) in [7, 11) is -4.37. The van der Waals surface area contributed by atoms with Gasteiger partial charge in [0.25, 0.3) is 0 Å². The lowest BCUT2D eigenvalue weighted by Gasteiger charge is -2.03. The van der Waals surface area contributed by atoms with Gasteiger partial charge >= 0.3 is 16.0 Å². The van der Waals surface area contributed by atoms with Gasteiger partial charge in [0.15, 0.2) is 0 Å². The minimum Gasteiger partial charge on any atom is -0.299 e. The standard InChI is InChI=1S/C6H9N3O4S/c1-2-9-4-3-5(7-6(9)10)8-14(11,12)13/h3-4H,2H2,1H3,(H,7,8,10)(H,11,12,13). The number of aromatic nitrogens is 2. The molecule has 0 spiro atoms. The highest BCUT2D eigenvalue weighted by Gasteiger charge is 2.05. The summed E-state index contributed by atoms with van der Waals surface area (Å²) in [4.78, 5) is 14.5. The molecule has 0 saturated carbocycles. The van der Waals surface area contributed by atoms with Crippen molar-refractivity contribution in [1.82, 2.24) is 9.55 Å². The van der Waals surface area contributed by atoms with Gasteiger partial charge in [-0.2, -0.15) is 13.4 Å². The van der Waals surface area contributed by atoms with E-state index in [9.17, 15) is 13.2 Å². The largest absolute Gasteiger partial charge is 0.358 e. The fourth-order valence-corrected chi connectivity index (χ4v) is 1.24. The Kier molecular flexibility index (Phi) is 2.87. The van der Waals surface area contributed by atoms with Crippen molar-refractivity contribution in [1.29, 1.82) is 0 Å². The zero-order valence-electron chi connectivity index (χ0n) is 7.34. The first-order chi connectivity index (χ1) is 6.42. The van der Waals surface area contributed by atoms with Gasteiger partial charge in [0.1, 0.15) is 5.82 Å². The molecule has 0 bridgehead atoms. The van der Waals surface area contributed by atoms with E-state index in [1.165, 1.54) is 16.8 Å². The lowest BCUT2D eigenvalue weighted by molar-refractivity contribution is 0.489. The van der Waals surface area contributed by atoms with Gasteiger partial charge in [0.05, 0.1) is 0 Å². The maximum atomic E-state index is 11.1. The van der Waals surface area contributed by atoms with E-state index in [4.69, 9.17) is 4.55 Å². The number of anilines is 1. The number of aryl methyl sites for hydroxylation is 1. The smallest absolute Gasteiger partial charge is 0.299 e. The van der Waals surface area contributed by atoms with Crippen LogP contribution in [0.3, 0.4) is 0 Å². The summed E-state index contributed by atoms with van der Waals surface area (Å²) < 4.78 is 32.1. The minimum atomic E-state index is -4.37. The van der Waals surface area contributed by atoms with Crippen LogP contribution in [0, 0.1) is 0 Å². The van der Waals surface area contributed by atoms with Gasteiger partial charge in [-0.1, -0.05) is 0 Å². The lowest BCUT2D eigenvalue weighted by atomic mass is 10.6. The summed E-state index contributed by atoms with van der Waals surface area (Å²) in [6.07, 6.45) is 1.38. The van der Waals surface area contributed by atoms with E-state index < -0.39 is 16.0 Å². The topological polar surface area (TPSA) is 101 Å². The number of hydrogen-bond acceptors (Lipinski definition) is 4. The second-order valence-corrected chi connectivity index (χ2v) is 3.61. The fourth-order valence-electron chi connectivity index (χ4n) is 0.859. The summed E-state index contributed by atoms with van der Waals surface area (Å²) in [6.45, 7) is 2.19. The van der Waals surface area contributed by atoms with Crippen LogP contribution in [0.1, 0.15) is 6.92 Å². The molecule has 0 amide bonds. The molecule has 8 heteroatoms. The Bertz CT molecular complexity index is 478. The molecule has 7 nitrogen and oxygen atoms in total. The van der Waals surface area contributed by atoms with Crippen molar-refractivity contribution in [3.05, 3.63) is 22.7 Å². The van der Waals surface area contributed by atoms with Crippen molar-refractivity contribution in [2.24, 2.45) is 0 Å². The molecule has 0 saturated heterocycles. The molecule has 14 heavy (non-hydrogen) atoms. The molecule has 0 aliphatic heterocycles. The number of rotatable bonds is 3. The van der Waals surface area contributed by atoms with Crippen LogP contribution in [0.2, 0.25) is 0 Å². The second-order valence-electron chi connectivity index (χ2n) is 2.46. The first kappa shape index (κ1) is 10.7. The van der Waals surface area contributed by atoms with Crippen molar-refractivity contribution in [3.8, 4) is 0 Å². The van der Waals surface area contributed by atoms with Crippen molar-refractivity contribution in [2.75, 3.05) is 4.72 Å². The van der Waals surface area contributed by atoms with Crippen molar-refractivity contribution < 1.29 is 13.0 Å². The average Bonchev–Trinajstić information content (AvgIpc) is 2.01. The molecule has 1 heterocycles. The van der Waals surface area contributed by atoms with Crippen LogP contribution in [-0.2, 0) is 16.8 Å². The number of nitrogens with zero attached hydrogens (tertiary/aromatic N) is 2. The summed E-state index contributed by atoms with van der Waals surface area (Å²) in [5.74, 6) is -0.206. The van der Waals surface area contributed by atoms with E-state index in [1.807, 2.05) is 0 Å². The van der Waals surface area contributed by atoms with E-state index in [0.717, 1.165) is 0 Å². The van der Waals surface area contributed by atoms with Gasteiger partial charge in [-0.15, -0.1) is 0 Å². The molecule has 78 valence electrons. The van der Waals surface area contributed by atoms with Gasteiger partial charge < -0.3 is 0 Å². The van der Waals surface area contributed by atoms with Gasteiger partial charge in [0.2, 0.25) is 0 Å². The Morgan fingerprint density at radius 1 is 1.64 bits per heavy atom. The third kappa shape index (κ3) is 2.82. The quantitative estimate of drug-likeness (QED) is 0.666. The fraction of sp³-hybridized carbons (Fsp3) is 0.333. The summed E-state index contributed by atoms with van der Waals surface area (Å²) in [5.41, 5.74) is -0.582.